The van der Waals surface area contributed by atoms with Gasteiger partial charge in [0, 0.05) is 18.2 Å². The minimum Gasteiger partial charge on any atom is -0.357 e. The Kier molecular flexibility index (Phi) is 11.7. The molecule has 24 heavy (non-hydrogen) atoms. The van der Waals surface area contributed by atoms with Gasteiger partial charge in [-0.25, -0.2) is 4.99 Å². The summed E-state index contributed by atoms with van der Waals surface area (Å²) in [5.41, 5.74) is 1.69. The van der Waals surface area contributed by atoms with Gasteiger partial charge in [-0.1, -0.05) is 25.0 Å². The van der Waals surface area contributed by atoms with Crippen LogP contribution in [0.4, 0.5) is 0 Å². The van der Waals surface area contributed by atoms with Gasteiger partial charge < -0.3 is 16.0 Å². The molecule has 5 nitrogen and oxygen atoms in total. The van der Waals surface area contributed by atoms with Gasteiger partial charge in [0.05, 0.1) is 13.1 Å². The van der Waals surface area contributed by atoms with Crippen molar-refractivity contribution in [3.05, 3.63) is 35.4 Å². The fourth-order valence-electron chi connectivity index (χ4n) is 1.82. The van der Waals surface area contributed by atoms with E-state index < -0.39 is 0 Å². The van der Waals surface area contributed by atoms with Gasteiger partial charge in [-0.3, -0.25) is 4.79 Å². The summed E-state index contributed by atoms with van der Waals surface area (Å²) < 4.78 is 0. The Morgan fingerprint density at radius 2 is 1.92 bits per heavy atom. The van der Waals surface area contributed by atoms with Crippen LogP contribution in [-0.4, -0.2) is 31.0 Å². The molecular weight excluding hydrogens is 415 g/mol. The zero-order chi connectivity index (χ0) is 17.1. The molecule has 0 saturated carbocycles. The quantitative estimate of drug-likeness (QED) is 0.263. The number of rotatable bonds is 7. The van der Waals surface area contributed by atoms with Crippen LogP contribution < -0.4 is 16.0 Å². The van der Waals surface area contributed by atoms with Crippen LogP contribution >= 0.6 is 24.0 Å². The number of carbonyl (C=O) groups is 1. The third-order valence-electron chi connectivity index (χ3n) is 3.33. The first kappa shape index (κ1) is 22.2. The van der Waals surface area contributed by atoms with E-state index >= 15 is 0 Å². The number of hydrogen-bond donors (Lipinski definition) is 3. The van der Waals surface area contributed by atoms with E-state index in [-0.39, 0.29) is 35.9 Å². The van der Waals surface area contributed by atoms with Gasteiger partial charge in [-0.2, -0.15) is 0 Å². The van der Waals surface area contributed by atoms with Crippen LogP contribution in [0.5, 0.6) is 0 Å². The molecule has 0 aliphatic carbocycles. The Bertz CT molecular complexity index is 563. The summed E-state index contributed by atoms with van der Waals surface area (Å²) in [4.78, 5) is 16.5. The largest absolute Gasteiger partial charge is 0.357 e. The first-order valence-electron chi connectivity index (χ1n) is 7.96. The number of hydrogen-bond acceptors (Lipinski definition) is 2. The van der Waals surface area contributed by atoms with E-state index in [0.717, 1.165) is 18.5 Å². The second-order valence-electron chi connectivity index (χ2n) is 5.23. The zero-order valence-corrected chi connectivity index (χ0v) is 16.9. The number of benzene rings is 1. The number of amides is 1. The van der Waals surface area contributed by atoms with Crippen LogP contribution in [0.2, 0.25) is 0 Å². The second kappa shape index (κ2) is 12.6. The van der Waals surface area contributed by atoms with Crippen LogP contribution in [0.3, 0.4) is 0 Å². The van der Waals surface area contributed by atoms with E-state index in [1.54, 1.807) is 0 Å². The summed E-state index contributed by atoms with van der Waals surface area (Å²) in [6.07, 6.45) is 6.15. The summed E-state index contributed by atoms with van der Waals surface area (Å²) in [6.45, 7) is 7.76. The van der Waals surface area contributed by atoms with E-state index in [1.807, 2.05) is 45.0 Å². The van der Waals surface area contributed by atoms with Gasteiger partial charge in [0.1, 0.15) is 0 Å². The minimum absolute atomic E-state index is 0. The molecule has 0 aromatic heterocycles. The van der Waals surface area contributed by atoms with E-state index in [0.29, 0.717) is 24.6 Å². The molecule has 1 rings (SSSR count). The van der Waals surface area contributed by atoms with Crippen molar-refractivity contribution in [1.29, 1.82) is 0 Å². The van der Waals surface area contributed by atoms with E-state index in [1.165, 1.54) is 0 Å². The topological polar surface area (TPSA) is 65.5 Å². The van der Waals surface area contributed by atoms with Crippen LogP contribution in [0.25, 0.3) is 0 Å². The predicted molar refractivity (Wildman–Crippen MR) is 111 cm³/mol. The number of nitrogens with one attached hydrogen (secondary N) is 3. The van der Waals surface area contributed by atoms with Crippen molar-refractivity contribution in [1.82, 2.24) is 16.0 Å². The Morgan fingerprint density at radius 3 is 2.46 bits per heavy atom. The maximum Gasteiger partial charge on any atom is 0.251 e. The maximum absolute atomic E-state index is 12.0. The van der Waals surface area contributed by atoms with Crippen LogP contribution in [0.15, 0.2) is 29.3 Å². The number of nitrogens with zero attached hydrogens (tertiary/aromatic N) is 1. The average molecular weight is 442 g/mol. The van der Waals surface area contributed by atoms with Crippen LogP contribution in [-0.2, 0) is 6.54 Å². The SMILES string of the molecule is C#CCNC(=NCc1ccc(C(=O)NC(C)CC)cc1)NCC.I. The smallest absolute Gasteiger partial charge is 0.251 e. The Hall–Kier alpha value is -1.75. The van der Waals surface area contributed by atoms with E-state index in [9.17, 15) is 4.79 Å². The third-order valence-corrected chi connectivity index (χ3v) is 3.33. The standard InChI is InChI=1S/C18H26N4O.HI/c1-5-12-20-18(19-7-3)21-13-15-8-10-16(11-9-15)17(23)22-14(4)6-2;/h1,8-11,14H,6-7,12-13H2,2-4H3,(H,22,23)(H2,19,20,21);1H. The zero-order valence-electron chi connectivity index (χ0n) is 14.6. The lowest BCUT2D eigenvalue weighted by Crippen LogP contribution is -2.37. The molecule has 1 atom stereocenters. The molecular formula is C18H27IN4O. The first-order chi connectivity index (χ1) is 11.1. The van der Waals surface area contributed by atoms with Gasteiger partial charge in [0.15, 0.2) is 5.96 Å². The molecule has 132 valence electrons. The number of carbonyl (C=O) groups excluding carboxylic acids is 1. The molecule has 1 aromatic rings. The van der Waals surface area contributed by atoms with Crippen LogP contribution in [0.1, 0.15) is 43.1 Å². The second-order valence-corrected chi connectivity index (χ2v) is 5.23. The highest BCUT2D eigenvalue weighted by molar-refractivity contribution is 14.0. The Balaban J connectivity index is 0.00000529. The molecule has 6 heteroatoms. The van der Waals surface area contributed by atoms with E-state index in [4.69, 9.17) is 6.42 Å². The van der Waals surface area contributed by atoms with Crippen molar-refractivity contribution in [3.8, 4) is 12.3 Å². The van der Waals surface area contributed by atoms with Gasteiger partial charge in [-0.05, 0) is 38.0 Å². The normalized spacial score (nSPS) is 11.7. The molecule has 0 heterocycles. The predicted octanol–water partition coefficient (Wildman–Crippen LogP) is 2.52. The summed E-state index contributed by atoms with van der Waals surface area (Å²) in [5, 5.41) is 9.11. The number of terminal acetylenes is 1. The number of halogens is 1. The molecule has 1 amide bonds. The number of guanidine groups is 1. The highest BCUT2D eigenvalue weighted by atomic mass is 127. The third kappa shape index (κ3) is 8.20. The van der Waals surface area contributed by atoms with Crippen molar-refractivity contribution in [3.63, 3.8) is 0 Å². The molecule has 0 aliphatic rings. The molecule has 1 aromatic carbocycles. The van der Waals surface area contributed by atoms with Crippen molar-refractivity contribution in [2.24, 2.45) is 4.99 Å². The molecule has 0 radical (unpaired) electrons. The van der Waals surface area contributed by atoms with Gasteiger partial charge in [0.25, 0.3) is 5.91 Å². The summed E-state index contributed by atoms with van der Waals surface area (Å²) in [7, 11) is 0. The number of aliphatic imine (C=N–C) groups is 1. The lowest BCUT2D eigenvalue weighted by Gasteiger charge is -2.11. The molecule has 1 unspecified atom stereocenters. The van der Waals surface area contributed by atoms with Gasteiger partial charge in [-0.15, -0.1) is 30.4 Å². The molecule has 0 aliphatic heterocycles. The Morgan fingerprint density at radius 1 is 1.25 bits per heavy atom. The van der Waals surface area contributed by atoms with Crippen molar-refractivity contribution in [2.45, 2.75) is 39.8 Å². The lowest BCUT2D eigenvalue weighted by atomic mass is 10.1. The highest BCUT2D eigenvalue weighted by Crippen LogP contribution is 2.06. The van der Waals surface area contributed by atoms with Crippen molar-refractivity contribution in [2.75, 3.05) is 13.1 Å². The molecule has 0 bridgehead atoms. The summed E-state index contributed by atoms with van der Waals surface area (Å²) >= 11 is 0. The van der Waals surface area contributed by atoms with Crippen molar-refractivity contribution >= 4 is 35.8 Å². The summed E-state index contributed by atoms with van der Waals surface area (Å²) in [6, 6.07) is 7.66. The lowest BCUT2D eigenvalue weighted by molar-refractivity contribution is 0.0939. The van der Waals surface area contributed by atoms with E-state index in [2.05, 4.69) is 26.9 Å². The monoisotopic (exact) mass is 442 g/mol. The molecule has 0 fully saturated rings. The van der Waals surface area contributed by atoms with Crippen molar-refractivity contribution < 1.29 is 4.79 Å². The highest BCUT2D eigenvalue weighted by Gasteiger charge is 2.08. The summed E-state index contributed by atoms with van der Waals surface area (Å²) in [5.74, 6) is 3.16. The minimum atomic E-state index is -0.0431. The molecule has 0 saturated heterocycles. The average Bonchev–Trinajstić information content (AvgIpc) is 2.57. The Labute approximate surface area is 162 Å². The van der Waals surface area contributed by atoms with Crippen LogP contribution in [0, 0.1) is 12.3 Å². The fraction of sp³-hybridized carbons (Fsp3) is 0.444. The molecule has 0 spiro atoms. The van der Waals surface area contributed by atoms with Gasteiger partial charge >= 0.3 is 0 Å². The van der Waals surface area contributed by atoms with Gasteiger partial charge in [0.2, 0.25) is 0 Å². The first-order valence-corrected chi connectivity index (χ1v) is 7.96. The maximum atomic E-state index is 12.0. The molecule has 3 N–H and O–H groups in total. The fourth-order valence-corrected chi connectivity index (χ4v) is 1.82.